The van der Waals surface area contributed by atoms with E-state index in [2.05, 4.69) is 31.5 Å². The van der Waals surface area contributed by atoms with Gasteiger partial charge >= 0.3 is 0 Å². The molecule has 0 saturated heterocycles. The van der Waals surface area contributed by atoms with Gasteiger partial charge in [0, 0.05) is 0 Å². The first-order chi connectivity index (χ1) is 7.31. The third-order valence-corrected chi connectivity index (χ3v) is 3.12. The largest absolute Gasteiger partial charge is 0.306 e. The summed E-state index contributed by atoms with van der Waals surface area (Å²) < 4.78 is 0. The standard InChI is InChI=1S/C13H29NS/c1-3-11-14(2)12-9-7-5-4-6-8-10-13-15/h15H,3-13H2,1-2H3. The van der Waals surface area contributed by atoms with Crippen LogP contribution in [0.15, 0.2) is 0 Å². The maximum atomic E-state index is 4.22. The van der Waals surface area contributed by atoms with Crippen LogP contribution in [0, 0.1) is 0 Å². The number of unbranched alkanes of at least 4 members (excludes halogenated alkanes) is 6. The third-order valence-electron chi connectivity index (χ3n) is 2.80. The van der Waals surface area contributed by atoms with Crippen molar-refractivity contribution in [3.63, 3.8) is 0 Å². The van der Waals surface area contributed by atoms with Gasteiger partial charge in [0.2, 0.25) is 0 Å². The number of rotatable bonds is 11. The maximum absolute atomic E-state index is 4.22. The Bertz CT molecular complexity index is 117. The summed E-state index contributed by atoms with van der Waals surface area (Å²) in [5.74, 6) is 1.06. The summed E-state index contributed by atoms with van der Waals surface area (Å²) in [7, 11) is 2.23. The van der Waals surface area contributed by atoms with Crippen molar-refractivity contribution in [2.45, 2.75) is 58.3 Å². The van der Waals surface area contributed by atoms with E-state index in [0.717, 1.165) is 5.75 Å². The van der Waals surface area contributed by atoms with Crippen LogP contribution in [0.2, 0.25) is 0 Å². The topological polar surface area (TPSA) is 3.24 Å². The molecule has 0 aliphatic heterocycles. The lowest BCUT2D eigenvalue weighted by Gasteiger charge is -2.14. The maximum Gasteiger partial charge on any atom is -0.00218 e. The van der Waals surface area contributed by atoms with Crippen LogP contribution in [-0.2, 0) is 0 Å². The summed E-state index contributed by atoms with van der Waals surface area (Å²) in [5, 5.41) is 0. The van der Waals surface area contributed by atoms with Crippen LogP contribution in [-0.4, -0.2) is 30.8 Å². The fourth-order valence-corrected chi connectivity index (χ4v) is 2.09. The highest BCUT2D eigenvalue weighted by Crippen LogP contribution is 2.07. The Morgan fingerprint density at radius 3 is 1.87 bits per heavy atom. The van der Waals surface area contributed by atoms with Crippen LogP contribution < -0.4 is 0 Å². The fourth-order valence-electron chi connectivity index (χ4n) is 1.87. The molecule has 0 aliphatic carbocycles. The molecular weight excluding hydrogens is 202 g/mol. The molecule has 0 heterocycles. The van der Waals surface area contributed by atoms with E-state index in [0.29, 0.717) is 0 Å². The Morgan fingerprint density at radius 2 is 1.33 bits per heavy atom. The molecule has 0 aromatic carbocycles. The molecule has 92 valence electrons. The zero-order chi connectivity index (χ0) is 11.4. The molecule has 0 saturated carbocycles. The lowest BCUT2D eigenvalue weighted by Crippen LogP contribution is -2.20. The van der Waals surface area contributed by atoms with Crippen molar-refractivity contribution < 1.29 is 0 Å². The third kappa shape index (κ3) is 12.2. The van der Waals surface area contributed by atoms with Crippen molar-refractivity contribution in [2.24, 2.45) is 0 Å². The van der Waals surface area contributed by atoms with Crippen molar-refractivity contribution in [1.82, 2.24) is 4.90 Å². The highest BCUT2D eigenvalue weighted by atomic mass is 32.1. The van der Waals surface area contributed by atoms with Crippen LogP contribution in [0.25, 0.3) is 0 Å². The number of nitrogens with zero attached hydrogens (tertiary/aromatic N) is 1. The van der Waals surface area contributed by atoms with E-state index in [1.165, 1.54) is 64.5 Å². The second-order valence-corrected chi connectivity index (χ2v) is 4.95. The van der Waals surface area contributed by atoms with E-state index in [1.54, 1.807) is 0 Å². The second-order valence-electron chi connectivity index (χ2n) is 4.50. The van der Waals surface area contributed by atoms with Gasteiger partial charge in [-0.3, -0.25) is 0 Å². The molecule has 0 aromatic heterocycles. The summed E-state index contributed by atoms with van der Waals surface area (Å²) >= 11 is 4.22. The minimum atomic E-state index is 1.06. The molecular formula is C13H29NS. The van der Waals surface area contributed by atoms with Crippen LogP contribution in [0.3, 0.4) is 0 Å². The van der Waals surface area contributed by atoms with Gasteiger partial charge in [-0.05, 0) is 45.2 Å². The molecule has 0 amide bonds. The smallest absolute Gasteiger partial charge is 0.00218 e. The number of hydrogen-bond donors (Lipinski definition) is 1. The number of thiol groups is 1. The Morgan fingerprint density at radius 1 is 0.800 bits per heavy atom. The first-order valence-corrected chi connectivity index (χ1v) is 7.24. The molecule has 0 rings (SSSR count). The van der Waals surface area contributed by atoms with Gasteiger partial charge in [0.15, 0.2) is 0 Å². The van der Waals surface area contributed by atoms with Gasteiger partial charge in [0.1, 0.15) is 0 Å². The minimum Gasteiger partial charge on any atom is -0.306 e. The predicted molar refractivity (Wildman–Crippen MR) is 74.0 cm³/mol. The average Bonchev–Trinajstić information content (AvgIpc) is 2.22. The molecule has 0 spiro atoms. The fraction of sp³-hybridized carbons (Fsp3) is 1.00. The normalized spacial score (nSPS) is 11.2. The number of hydrogen-bond acceptors (Lipinski definition) is 2. The Kier molecular flexibility index (Phi) is 12.6. The molecule has 0 aromatic rings. The molecule has 0 unspecified atom stereocenters. The molecule has 0 bridgehead atoms. The van der Waals surface area contributed by atoms with E-state index in [9.17, 15) is 0 Å². The zero-order valence-electron chi connectivity index (χ0n) is 10.7. The van der Waals surface area contributed by atoms with Crippen molar-refractivity contribution in [3.05, 3.63) is 0 Å². The van der Waals surface area contributed by atoms with E-state index >= 15 is 0 Å². The first kappa shape index (κ1) is 15.3. The summed E-state index contributed by atoms with van der Waals surface area (Å²) in [6.07, 6.45) is 11.0. The summed E-state index contributed by atoms with van der Waals surface area (Å²) in [4.78, 5) is 2.45. The van der Waals surface area contributed by atoms with Crippen LogP contribution in [0.4, 0.5) is 0 Å². The average molecular weight is 231 g/mol. The Labute approximate surface area is 102 Å². The Balaban J connectivity index is 2.98. The van der Waals surface area contributed by atoms with E-state index < -0.39 is 0 Å². The van der Waals surface area contributed by atoms with E-state index in [-0.39, 0.29) is 0 Å². The highest BCUT2D eigenvalue weighted by Gasteiger charge is 1.96. The van der Waals surface area contributed by atoms with Crippen LogP contribution >= 0.6 is 12.6 Å². The van der Waals surface area contributed by atoms with Crippen LogP contribution in [0.1, 0.15) is 58.3 Å². The van der Waals surface area contributed by atoms with Gasteiger partial charge in [-0.1, -0.05) is 39.0 Å². The molecule has 0 radical (unpaired) electrons. The first-order valence-electron chi connectivity index (χ1n) is 6.60. The van der Waals surface area contributed by atoms with Crippen LogP contribution in [0.5, 0.6) is 0 Å². The van der Waals surface area contributed by atoms with Crippen molar-refractivity contribution in [3.8, 4) is 0 Å². The molecule has 1 nitrogen and oxygen atoms in total. The van der Waals surface area contributed by atoms with Crippen molar-refractivity contribution >= 4 is 12.6 Å². The van der Waals surface area contributed by atoms with Gasteiger partial charge < -0.3 is 4.90 Å². The summed E-state index contributed by atoms with van der Waals surface area (Å²) in [6.45, 7) is 4.78. The van der Waals surface area contributed by atoms with E-state index in [4.69, 9.17) is 0 Å². The Hall–Kier alpha value is 0.310. The van der Waals surface area contributed by atoms with Crippen molar-refractivity contribution in [2.75, 3.05) is 25.9 Å². The summed E-state index contributed by atoms with van der Waals surface area (Å²) in [5.41, 5.74) is 0. The lowest BCUT2D eigenvalue weighted by molar-refractivity contribution is 0.324. The molecule has 0 N–H and O–H groups in total. The molecule has 0 aliphatic rings. The van der Waals surface area contributed by atoms with Crippen molar-refractivity contribution in [1.29, 1.82) is 0 Å². The van der Waals surface area contributed by atoms with Gasteiger partial charge in [0.05, 0.1) is 0 Å². The molecule has 0 fully saturated rings. The monoisotopic (exact) mass is 231 g/mol. The van der Waals surface area contributed by atoms with Gasteiger partial charge in [-0.2, -0.15) is 12.6 Å². The molecule has 15 heavy (non-hydrogen) atoms. The zero-order valence-corrected chi connectivity index (χ0v) is 11.6. The van der Waals surface area contributed by atoms with Gasteiger partial charge in [0.25, 0.3) is 0 Å². The molecule has 2 heteroatoms. The molecule has 0 atom stereocenters. The van der Waals surface area contributed by atoms with Gasteiger partial charge in [-0.25, -0.2) is 0 Å². The second kappa shape index (κ2) is 12.4. The SMILES string of the molecule is CCCN(C)CCCCCCCCCS. The predicted octanol–water partition coefficient (Wildman–Crippen LogP) is 3.99. The minimum absolute atomic E-state index is 1.06. The van der Waals surface area contributed by atoms with Gasteiger partial charge in [-0.15, -0.1) is 0 Å². The summed E-state index contributed by atoms with van der Waals surface area (Å²) in [6, 6.07) is 0. The quantitative estimate of drug-likeness (QED) is 0.416. The lowest BCUT2D eigenvalue weighted by atomic mass is 10.1. The highest BCUT2D eigenvalue weighted by molar-refractivity contribution is 7.80. The van der Waals surface area contributed by atoms with E-state index in [1.807, 2.05) is 0 Å².